The molecular formula is C19H18F3N3O3S. The number of hydrogen-bond acceptors (Lipinski definition) is 4. The number of primary sulfonamides is 1. The van der Waals surface area contributed by atoms with Crippen LogP contribution >= 0.6 is 0 Å². The third-order valence-corrected chi connectivity index (χ3v) is 6.16. The molecule has 0 radical (unpaired) electrons. The summed E-state index contributed by atoms with van der Waals surface area (Å²) in [5, 5.41) is 8.04. The number of aryl methyl sites for hydroxylation is 1. The van der Waals surface area contributed by atoms with E-state index in [-0.39, 0.29) is 17.2 Å². The number of carbonyl (C=O) groups excluding carboxylic acids is 1. The number of alkyl halides is 3. The molecule has 10 heteroatoms. The van der Waals surface area contributed by atoms with Gasteiger partial charge in [0.25, 0.3) is 5.91 Å². The molecule has 1 heterocycles. The first-order valence-electron chi connectivity index (χ1n) is 8.92. The van der Waals surface area contributed by atoms with Crippen LogP contribution in [-0.4, -0.2) is 20.5 Å². The van der Waals surface area contributed by atoms with E-state index in [2.05, 4.69) is 5.32 Å². The number of nitrogens with zero attached hydrogens (tertiary/aromatic N) is 1. The topological polar surface area (TPSA) is 92.5 Å². The predicted molar refractivity (Wildman–Crippen MR) is 101 cm³/mol. The number of para-hydroxylation sites is 1. The molecule has 1 aliphatic carbocycles. The zero-order chi connectivity index (χ0) is 21.1. The molecule has 1 aliphatic heterocycles. The van der Waals surface area contributed by atoms with Crippen molar-refractivity contribution in [2.75, 3.05) is 10.2 Å². The minimum Gasteiger partial charge on any atom is -0.364 e. The molecule has 0 saturated heterocycles. The van der Waals surface area contributed by atoms with Crippen molar-refractivity contribution in [1.29, 1.82) is 0 Å². The summed E-state index contributed by atoms with van der Waals surface area (Å²) >= 11 is 0. The van der Waals surface area contributed by atoms with E-state index in [1.54, 1.807) is 12.1 Å². The summed E-state index contributed by atoms with van der Waals surface area (Å²) in [7, 11) is -4.70. The van der Waals surface area contributed by atoms with Crippen LogP contribution < -0.4 is 15.4 Å². The summed E-state index contributed by atoms with van der Waals surface area (Å²) in [6.07, 6.45) is -3.78. The van der Waals surface area contributed by atoms with Crippen LogP contribution in [-0.2, 0) is 16.2 Å². The fourth-order valence-electron chi connectivity index (χ4n) is 3.65. The molecule has 2 aromatic carbocycles. The normalized spacial score (nSPS) is 19.7. The molecule has 3 N–H and O–H groups in total. The summed E-state index contributed by atoms with van der Waals surface area (Å²) in [5.41, 5.74) is -0.170. The summed E-state index contributed by atoms with van der Waals surface area (Å²) in [6, 6.07) is 8.53. The first-order valence-corrected chi connectivity index (χ1v) is 10.5. The van der Waals surface area contributed by atoms with E-state index in [0.717, 1.165) is 24.5 Å². The van der Waals surface area contributed by atoms with Gasteiger partial charge < -0.3 is 5.32 Å². The standard InChI is InChI=1S/C19H18F3N3O3S/c1-10-4-2-3-5-15(10)25-17(11-6-7-11)24-14-9-13(19(20,21)22)16(29(23,27)28)8-12(14)18(25)26/h2-5,8-9,11,17,24H,6-7H2,1H3,(H2,23,27,28). The van der Waals surface area contributed by atoms with Gasteiger partial charge in [-0.3, -0.25) is 9.69 Å². The maximum atomic E-state index is 13.5. The van der Waals surface area contributed by atoms with Crippen LogP contribution in [0.3, 0.4) is 0 Å². The average Bonchev–Trinajstić information content (AvgIpc) is 3.45. The molecule has 1 amide bonds. The Bertz CT molecular complexity index is 1110. The Morgan fingerprint density at radius 2 is 1.83 bits per heavy atom. The maximum absolute atomic E-state index is 13.5. The highest BCUT2D eigenvalue weighted by Crippen LogP contribution is 2.44. The third kappa shape index (κ3) is 3.46. The van der Waals surface area contributed by atoms with Crippen molar-refractivity contribution < 1.29 is 26.4 Å². The van der Waals surface area contributed by atoms with E-state index < -0.39 is 38.7 Å². The van der Waals surface area contributed by atoms with Crippen molar-refractivity contribution in [2.24, 2.45) is 11.1 Å². The van der Waals surface area contributed by atoms with Gasteiger partial charge in [-0.2, -0.15) is 13.2 Å². The highest BCUT2D eigenvalue weighted by Gasteiger charge is 2.45. The highest BCUT2D eigenvalue weighted by molar-refractivity contribution is 7.89. The van der Waals surface area contributed by atoms with Crippen LogP contribution in [0.5, 0.6) is 0 Å². The van der Waals surface area contributed by atoms with Gasteiger partial charge >= 0.3 is 6.18 Å². The number of carbonyl (C=O) groups is 1. The van der Waals surface area contributed by atoms with Gasteiger partial charge in [-0.25, -0.2) is 13.6 Å². The van der Waals surface area contributed by atoms with Gasteiger partial charge in [-0.15, -0.1) is 0 Å². The van der Waals surface area contributed by atoms with Gasteiger partial charge in [0.05, 0.1) is 16.0 Å². The zero-order valence-electron chi connectivity index (χ0n) is 15.3. The van der Waals surface area contributed by atoms with E-state index in [9.17, 15) is 26.4 Å². The molecule has 4 rings (SSSR count). The average molecular weight is 425 g/mol. The largest absolute Gasteiger partial charge is 0.417 e. The number of nitrogens with one attached hydrogen (secondary N) is 1. The molecule has 2 aliphatic rings. The lowest BCUT2D eigenvalue weighted by Gasteiger charge is -2.39. The Morgan fingerprint density at radius 3 is 2.38 bits per heavy atom. The Labute approximate surface area is 165 Å². The van der Waals surface area contributed by atoms with Crippen molar-refractivity contribution >= 4 is 27.3 Å². The Kier molecular flexibility index (Phi) is 4.39. The summed E-state index contributed by atoms with van der Waals surface area (Å²) < 4.78 is 64.0. The van der Waals surface area contributed by atoms with Crippen molar-refractivity contribution in [3.05, 3.63) is 53.1 Å². The van der Waals surface area contributed by atoms with Crippen molar-refractivity contribution in [2.45, 2.75) is 37.0 Å². The minimum absolute atomic E-state index is 0.0449. The maximum Gasteiger partial charge on any atom is 0.417 e. The summed E-state index contributed by atoms with van der Waals surface area (Å²) in [4.78, 5) is 13.7. The van der Waals surface area contributed by atoms with Crippen molar-refractivity contribution in [3.8, 4) is 0 Å². The van der Waals surface area contributed by atoms with E-state index in [4.69, 9.17) is 5.14 Å². The predicted octanol–water partition coefficient (Wildman–Crippen LogP) is 3.47. The Morgan fingerprint density at radius 1 is 1.17 bits per heavy atom. The zero-order valence-corrected chi connectivity index (χ0v) is 16.1. The van der Waals surface area contributed by atoms with Gasteiger partial charge in [0, 0.05) is 11.4 Å². The molecule has 2 aromatic rings. The van der Waals surface area contributed by atoms with E-state index in [1.165, 1.54) is 4.90 Å². The number of hydrogen-bond donors (Lipinski definition) is 2. The Hall–Kier alpha value is -2.59. The van der Waals surface area contributed by atoms with Gasteiger partial charge in [0.1, 0.15) is 6.17 Å². The van der Waals surface area contributed by atoms with E-state index >= 15 is 0 Å². The van der Waals surface area contributed by atoms with Gasteiger partial charge in [-0.1, -0.05) is 18.2 Å². The molecule has 154 valence electrons. The van der Waals surface area contributed by atoms with Crippen LogP contribution in [0.15, 0.2) is 41.3 Å². The number of rotatable bonds is 3. The number of fused-ring (bicyclic) bond motifs is 1. The quantitative estimate of drug-likeness (QED) is 0.788. The van der Waals surface area contributed by atoms with Crippen LogP contribution in [0, 0.1) is 12.8 Å². The third-order valence-electron chi connectivity index (χ3n) is 5.21. The van der Waals surface area contributed by atoms with Crippen LogP contribution in [0.1, 0.15) is 34.3 Å². The molecule has 1 saturated carbocycles. The second kappa shape index (κ2) is 6.46. The van der Waals surface area contributed by atoms with E-state index in [0.29, 0.717) is 11.8 Å². The van der Waals surface area contributed by atoms with Crippen LogP contribution in [0.2, 0.25) is 0 Å². The molecule has 1 atom stereocenters. The number of benzene rings is 2. The van der Waals surface area contributed by atoms with Crippen molar-refractivity contribution in [3.63, 3.8) is 0 Å². The lowest BCUT2D eigenvalue weighted by molar-refractivity contribution is -0.139. The second-order valence-electron chi connectivity index (χ2n) is 7.32. The lowest BCUT2D eigenvalue weighted by atomic mass is 10.0. The summed E-state index contributed by atoms with van der Waals surface area (Å²) in [6.45, 7) is 1.82. The highest BCUT2D eigenvalue weighted by atomic mass is 32.2. The number of sulfonamides is 1. The summed E-state index contributed by atoms with van der Waals surface area (Å²) in [5.74, 6) is -0.470. The molecular weight excluding hydrogens is 407 g/mol. The molecule has 1 fully saturated rings. The van der Waals surface area contributed by atoms with Crippen molar-refractivity contribution in [1.82, 2.24) is 0 Å². The number of amides is 1. The molecule has 1 unspecified atom stereocenters. The number of anilines is 2. The Balaban J connectivity index is 1.92. The number of nitrogens with two attached hydrogens (primary N) is 1. The number of halogens is 3. The second-order valence-corrected chi connectivity index (χ2v) is 8.85. The van der Waals surface area contributed by atoms with Gasteiger partial charge in [0.15, 0.2) is 0 Å². The molecule has 0 bridgehead atoms. The molecule has 0 aromatic heterocycles. The van der Waals surface area contributed by atoms with E-state index in [1.807, 2.05) is 19.1 Å². The molecule has 0 spiro atoms. The fourth-order valence-corrected chi connectivity index (χ4v) is 4.41. The van der Waals surface area contributed by atoms with Gasteiger partial charge in [-0.05, 0) is 49.4 Å². The molecule has 29 heavy (non-hydrogen) atoms. The van der Waals surface area contributed by atoms with Gasteiger partial charge in [0.2, 0.25) is 10.0 Å². The van der Waals surface area contributed by atoms with Crippen LogP contribution in [0.25, 0.3) is 0 Å². The van der Waals surface area contributed by atoms with Crippen LogP contribution in [0.4, 0.5) is 24.5 Å². The monoisotopic (exact) mass is 425 g/mol. The fraction of sp³-hybridized carbons (Fsp3) is 0.316. The smallest absolute Gasteiger partial charge is 0.364 e. The first-order chi connectivity index (χ1) is 13.5. The lowest BCUT2D eigenvalue weighted by Crippen LogP contribution is -2.51. The first kappa shape index (κ1) is 19.7. The minimum atomic E-state index is -4.94. The molecule has 6 nitrogen and oxygen atoms in total. The SMILES string of the molecule is Cc1ccccc1N1C(=O)c2cc(S(N)(=O)=O)c(C(F)(F)F)cc2NC1C1CC1.